The van der Waals surface area contributed by atoms with Gasteiger partial charge in [-0.05, 0) is 84.9 Å². The van der Waals surface area contributed by atoms with Crippen molar-refractivity contribution in [3.8, 4) is 0 Å². The average Bonchev–Trinajstić information content (AvgIpc) is 1.78. The first-order valence-electron chi connectivity index (χ1n) is 26.5. The highest BCUT2D eigenvalue weighted by molar-refractivity contribution is 6.31. The Kier molecular flexibility index (Phi) is 19.7. The number of carbonyl (C=O) groups excluding carboxylic acids is 8. The molecule has 4 fully saturated rings. The molecule has 0 spiro atoms. The Morgan fingerprint density at radius 1 is 0.709 bits per heavy atom. The Morgan fingerprint density at radius 3 is 1.63 bits per heavy atom. The molecule has 2 aromatic heterocycles. The van der Waals surface area contributed by atoms with Gasteiger partial charge in [0.2, 0.25) is 29.5 Å². The zero-order valence-electron chi connectivity index (χ0n) is 45.3. The Bertz CT molecular complexity index is 3700. The van der Waals surface area contributed by atoms with Crippen LogP contribution in [0.2, 0.25) is 10.0 Å². The van der Waals surface area contributed by atoms with Crippen LogP contribution in [0, 0.1) is 11.6 Å². The van der Waals surface area contributed by atoms with Crippen molar-refractivity contribution in [2.24, 2.45) is 16.6 Å². The zero-order valence-corrected chi connectivity index (χ0v) is 46.8. The highest BCUT2D eigenvalue weighted by Gasteiger charge is 2.41. The lowest BCUT2D eigenvalue weighted by Crippen LogP contribution is -2.43. The number of fused-ring (bicyclic) bond motifs is 2. The summed E-state index contributed by atoms with van der Waals surface area (Å²) in [6.45, 7) is -1.80. The maximum Gasteiger partial charge on any atom is 0.322 e. The lowest BCUT2D eigenvalue weighted by Gasteiger charge is -2.22. The van der Waals surface area contributed by atoms with E-state index in [1.165, 1.54) is 79.8 Å². The van der Waals surface area contributed by atoms with E-state index in [1.807, 2.05) is 0 Å². The number of aromatic nitrogens is 4. The third kappa shape index (κ3) is 16.0. The van der Waals surface area contributed by atoms with E-state index in [0.29, 0.717) is 30.4 Å². The minimum atomic E-state index is -2.95. The van der Waals surface area contributed by atoms with E-state index in [4.69, 9.17) is 40.2 Å². The summed E-state index contributed by atoms with van der Waals surface area (Å²) in [5, 5.41) is 22.0. The summed E-state index contributed by atoms with van der Waals surface area (Å²) in [5.41, 5.74) is 20.5. The van der Waals surface area contributed by atoms with Crippen molar-refractivity contribution < 1.29 is 64.7 Å². The van der Waals surface area contributed by atoms with Crippen LogP contribution in [0.25, 0.3) is 32.2 Å². The SMILES string of the molecule is FC1(F)CCNC1.NC(=O)c1nn(CC(=O)N(CC(=O)NCc2cccc(Cl)c2F)C2CC2)c2ccc(NC(=O)N3CCC(F)(F)C3)cc12.[N-]=[N+]=NC(=O)c1ccc2c(c1)c(C(N)=O)nn2CC(=O)N(CC(=O)NCc1cccc(Cl)c1F)C1CC1. The van der Waals surface area contributed by atoms with Crippen LogP contribution in [0.1, 0.15) is 81.0 Å². The van der Waals surface area contributed by atoms with Gasteiger partial charge in [0.15, 0.2) is 11.4 Å². The third-order valence-electron chi connectivity index (χ3n) is 13.9. The summed E-state index contributed by atoms with van der Waals surface area (Å²) in [5.74, 6) is -11.1. The van der Waals surface area contributed by atoms with Crippen molar-refractivity contribution in [2.75, 3.05) is 44.6 Å². The number of nitrogens with two attached hydrogens (primary N) is 2. The van der Waals surface area contributed by atoms with Gasteiger partial charge in [0.05, 0.1) is 47.3 Å². The first-order chi connectivity index (χ1) is 40.8. The van der Waals surface area contributed by atoms with E-state index in [-0.39, 0.29) is 125 Å². The normalized spacial score (nSPS) is 15.5. The Labute approximate surface area is 494 Å². The molecule has 0 radical (unpaired) electrons. The lowest BCUT2D eigenvalue weighted by atomic mass is 10.1. The van der Waals surface area contributed by atoms with Crippen LogP contribution in [0.3, 0.4) is 0 Å². The van der Waals surface area contributed by atoms with E-state index in [2.05, 4.69) is 41.5 Å². The number of nitrogens with one attached hydrogen (secondary N) is 4. The summed E-state index contributed by atoms with van der Waals surface area (Å²) in [4.78, 5) is 106. The first kappa shape index (κ1) is 63.0. The smallest absolute Gasteiger partial charge is 0.322 e. The molecule has 32 heteroatoms. The number of nitrogens with zero attached hydrogens (tertiary/aromatic N) is 10. The fourth-order valence-electron chi connectivity index (χ4n) is 9.25. The second-order valence-electron chi connectivity index (χ2n) is 20.4. The topological polar surface area (TPSA) is 331 Å². The largest absolute Gasteiger partial charge is 0.364 e. The maximum absolute atomic E-state index is 14.2. The zero-order chi connectivity index (χ0) is 62.2. The number of urea groups is 1. The van der Waals surface area contributed by atoms with Crippen molar-refractivity contribution in [1.29, 1.82) is 0 Å². The van der Waals surface area contributed by atoms with E-state index in [0.717, 1.165) is 17.7 Å². The van der Waals surface area contributed by atoms with Gasteiger partial charge in [-0.25, -0.2) is 31.1 Å². The average molecular weight is 1240 g/mol. The highest BCUT2D eigenvalue weighted by Crippen LogP contribution is 2.32. The van der Waals surface area contributed by atoms with Crippen LogP contribution in [0.5, 0.6) is 0 Å². The molecule has 2 aliphatic carbocycles. The fraction of sp³-hybridized carbons (Fsp3) is 0.370. The Morgan fingerprint density at radius 2 is 1.21 bits per heavy atom. The minimum absolute atomic E-state index is 0.00694. The molecule has 9 amide bonds. The predicted octanol–water partition coefficient (Wildman–Crippen LogP) is 6.41. The van der Waals surface area contributed by atoms with Crippen LogP contribution in [-0.2, 0) is 45.4 Å². The second-order valence-corrected chi connectivity index (χ2v) is 21.2. The number of likely N-dealkylation sites (tertiary alicyclic amines) is 1. The quantitative estimate of drug-likeness (QED) is 0.0236. The van der Waals surface area contributed by atoms with Gasteiger partial charge >= 0.3 is 6.03 Å². The fourth-order valence-corrected chi connectivity index (χ4v) is 9.63. The molecule has 0 bridgehead atoms. The molecule has 10 rings (SSSR count). The molecule has 2 saturated carbocycles. The van der Waals surface area contributed by atoms with Crippen LogP contribution >= 0.6 is 23.2 Å². The van der Waals surface area contributed by atoms with Gasteiger partial charge in [-0.3, -0.25) is 42.9 Å². The monoisotopic (exact) mass is 1240 g/mol. The van der Waals surface area contributed by atoms with Gasteiger partial charge < -0.3 is 47.4 Å². The molecule has 0 unspecified atom stereocenters. The van der Waals surface area contributed by atoms with Gasteiger partial charge in [-0.2, -0.15) is 10.2 Å². The molecule has 86 heavy (non-hydrogen) atoms. The standard InChI is InChI=1S/C27H27ClF3N7O4.C23H20ClFN8O4.C4H7F2N/c28-19-3-1-2-15(23(19)29)11-33-21(39)12-37(17-5-6-17)22(40)13-38-20-7-4-16(10-18(20)24(35-38)25(32)41)34-26(42)36-9-8-27(30,31)14-36;24-16-3-1-2-13(20(16)25)9-28-18(34)10-32(14-5-6-14)19(35)11-33-17-7-4-12(23(37)29-31-27)8-15(17)21(30-33)22(26)36;5-4(6)1-2-7-3-4/h1-4,7,10,17H,5-6,8-9,11-14H2,(H2,32,41)(H,33,39)(H,34,42);1-4,7-8,14H,5-6,9-11H2,(H2,26,36)(H,28,34);7H,1-3H2. The van der Waals surface area contributed by atoms with Crippen molar-refractivity contribution in [2.45, 2.75) is 88.6 Å². The molecule has 4 aromatic carbocycles. The molecule has 2 aliphatic heterocycles. The van der Waals surface area contributed by atoms with Crippen LogP contribution < -0.4 is 32.7 Å². The number of azide groups is 1. The van der Waals surface area contributed by atoms with Gasteiger partial charge in [0, 0.05) is 89.2 Å². The molecule has 4 heterocycles. The molecule has 2 saturated heterocycles. The van der Waals surface area contributed by atoms with Crippen molar-refractivity contribution in [3.05, 3.63) is 133 Å². The summed E-state index contributed by atoms with van der Waals surface area (Å²) < 4.78 is 81.6. The van der Waals surface area contributed by atoms with E-state index in [9.17, 15) is 64.7 Å². The number of rotatable bonds is 18. The number of benzene rings is 4. The van der Waals surface area contributed by atoms with Crippen LogP contribution in [0.15, 0.2) is 77.9 Å². The Balaban J connectivity index is 0.000000202. The van der Waals surface area contributed by atoms with Crippen LogP contribution in [-0.4, -0.2) is 145 Å². The van der Waals surface area contributed by atoms with Gasteiger partial charge in [0.1, 0.15) is 24.7 Å². The summed E-state index contributed by atoms with van der Waals surface area (Å²) in [6, 6.07) is 16.5. The molecule has 6 aromatic rings. The van der Waals surface area contributed by atoms with Crippen LogP contribution in [0.4, 0.5) is 36.8 Å². The summed E-state index contributed by atoms with van der Waals surface area (Å²) in [6.07, 6.45) is 2.44. The minimum Gasteiger partial charge on any atom is -0.364 e. The van der Waals surface area contributed by atoms with Crippen molar-refractivity contribution in [1.82, 2.24) is 50.2 Å². The van der Waals surface area contributed by atoms with Gasteiger partial charge in [-0.15, -0.1) is 0 Å². The summed E-state index contributed by atoms with van der Waals surface area (Å²) >= 11 is 11.6. The maximum atomic E-state index is 14.2. The van der Waals surface area contributed by atoms with E-state index in [1.54, 1.807) is 12.1 Å². The van der Waals surface area contributed by atoms with Gasteiger partial charge in [0.25, 0.3) is 23.7 Å². The summed E-state index contributed by atoms with van der Waals surface area (Å²) in [7, 11) is 0. The highest BCUT2D eigenvalue weighted by atomic mass is 35.5. The number of hydrogen-bond acceptors (Lipinski definition) is 11. The number of amides is 9. The van der Waals surface area contributed by atoms with Gasteiger partial charge in [-0.1, -0.05) is 47.5 Å². The number of halogens is 8. The molecule has 0 atom stereocenters. The molecule has 8 N–H and O–H groups in total. The molecule has 24 nitrogen and oxygen atoms in total. The Hall–Kier alpha value is -8.99. The number of primary amides is 2. The second kappa shape index (κ2) is 26.9. The van der Waals surface area contributed by atoms with E-state index < -0.39 is 83.8 Å². The van der Waals surface area contributed by atoms with E-state index >= 15 is 0 Å². The van der Waals surface area contributed by atoms with Crippen molar-refractivity contribution in [3.63, 3.8) is 0 Å². The molecule has 454 valence electrons. The first-order valence-corrected chi connectivity index (χ1v) is 27.3. The number of alkyl halides is 4. The third-order valence-corrected chi connectivity index (χ3v) is 14.5. The predicted molar refractivity (Wildman–Crippen MR) is 299 cm³/mol. The van der Waals surface area contributed by atoms with Crippen molar-refractivity contribution >= 4 is 98.1 Å². The number of anilines is 1. The molecule has 4 aliphatic rings. The molecular weight excluding hydrogens is 1190 g/mol. The molecular formula is C54H54Cl2F6N16O8. The number of carbonyl (C=O) groups is 8. The number of hydrogen-bond donors (Lipinski definition) is 6. The lowest BCUT2D eigenvalue weighted by molar-refractivity contribution is -0.137.